The van der Waals surface area contributed by atoms with E-state index in [4.69, 9.17) is 0 Å². The van der Waals surface area contributed by atoms with Gasteiger partial charge in [-0.15, -0.1) is 0 Å². The van der Waals surface area contributed by atoms with Crippen LogP contribution in [0, 0.1) is 5.92 Å². The molecule has 0 fully saturated rings. The van der Waals surface area contributed by atoms with Crippen molar-refractivity contribution in [2.24, 2.45) is 5.92 Å². The molecule has 0 saturated heterocycles. The van der Waals surface area contributed by atoms with Crippen LogP contribution >= 0.6 is 0 Å². The van der Waals surface area contributed by atoms with E-state index in [9.17, 15) is 9.59 Å². The van der Waals surface area contributed by atoms with Gasteiger partial charge in [0.05, 0.1) is 5.69 Å². The van der Waals surface area contributed by atoms with Crippen LogP contribution in [-0.4, -0.2) is 47.7 Å². The molecule has 3 heterocycles. The molecule has 2 N–H and O–H groups in total. The predicted molar refractivity (Wildman–Crippen MR) is 103 cm³/mol. The zero-order valence-electron chi connectivity index (χ0n) is 16.2. The van der Waals surface area contributed by atoms with Crippen molar-refractivity contribution in [1.82, 2.24) is 34.7 Å². The Morgan fingerprint density at radius 3 is 2.61 bits per heavy atom. The molecule has 148 valence electrons. The third-order valence-electron chi connectivity index (χ3n) is 3.94. The van der Waals surface area contributed by atoms with Gasteiger partial charge in [-0.2, -0.15) is 15.3 Å². The second-order valence-corrected chi connectivity index (χ2v) is 6.73. The molecule has 0 bridgehead atoms. The molecule has 0 radical (unpaired) electrons. The molecule has 3 rings (SSSR count). The molecule has 28 heavy (non-hydrogen) atoms. The number of hydrogen-bond donors (Lipinski definition) is 2. The minimum absolute atomic E-state index is 0.187. The first-order chi connectivity index (χ1) is 13.5. The van der Waals surface area contributed by atoms with E-state index in [0.717, 1.165) is 0 Å². The number of nitrogens with zero attached hydrogens (tertiary/aromatic N) is 6. The highest BCUT2D eigenvalue weighted by Gasteiger charge is 2.20. The first-order valence-corrected chi connectivity index (χ1v) is 9.14. The highest BCUT2D eigenvalue weighted by atomic mass is 16.2. The Bertz CT molecular complexity index is 939. The Hall–Kier alpha value is -3.43. The van der Waals surface area contributed by atoms with Gasteiger partial charge in [0.25, 0.3) is 11.8 Å². The molecular formula is C18H24N8O2. The van der Waals surface area contributed by atoms with Gasteiger partial charge in [0, 0.05) is 37.9 Å². The van der Waals surface area contributed by atoms with Crippen LogP contribution < -0.4 is 10.6 Å². The van der Waals surface area contributed by atoms with Gasteiger partial charge >= 0.3 is 0 Å². The third-order valence-corrected chi connectivity index (χ3v) is 3.94. The van der Waals surface area contributed by atoms with Gasteiger partial charge in [-0.05, 0) is 25.0 Å². The van der Waals surface area contributed by atoms with E-state index < -0.39 is 5.91 Å². The topological polar surface area (TPSA) is 112 Å². The average molecular weight is 384 g/mol. The Morgan fingerprint density at radius 1 is 1.11 bits per heavy atom. The number of anilines is 1. The van der Waals surface area contributed by atoms with Crippen molar-refractivity contribution in [3.63, 3.8) is 0 Å². The number of amides is 2. The predicted octanol–water partition coefficient (Wildman–Crippen LogP) is 1.44. The smallest absolute Gasteiger partial charge is 0.276 e. The van der Waals surface area contributed by atoms with Crippen LogP contribution in [0.1, 0.15) is 41.7 Å². The summed E-state index contributed by atoms with van der Waals surface area (Å²) >= 11 is 0. The van der Waals surface area contributed by atoms with E-state index in [2.05, 4.69) is 25.9 Å². The molecule has 0 unspecified atom stereocenters. The first kappa shape index (κ1) is 19.3. The summed E-state index contributed by atoms with van der Waals surface area (Å²) in [7, 11) is 0. The molecule has 10 heteroatoms. The summed E-state index contributed by atoms with van der Waals surface area (Å²) in [6.45, 7) is 7.44. The van der Waals surface area contributed by atoms with Crippen LogP contribution in [0.3, 0.4) is 0 Å². The first-order valence-electron chi connectivity index (χ1n) is 9.14. The summed E-state index contributed by atoms with van der Waals surface area (Å²) in [6, 6.07) is 3.43. The summed E-state index contributed by atoms with van der Waals surface area (Å²) in [5.74, 6) is -0.415. The number of carbonyl (C=O) groups is 2. The molecule has 2 amide bonds. The standard InChI is InChI=1S/C18H24N8O2/c1-4-24-11-15(16(23-24)18(28)19-10-13(2)3)21-17(27)14-6-9-26(22-14)12-25-8-5-7-20-25/h5-9,11,13H,4,10,12H2,1-3H3,(H,19,28)(H,21,27). The molecule has 0 aromatic carbocycles. The largest absolute Gasteiger partial charge is 0.350 e. The van der Waals surface area contributed by atoms with E-state index in [1.54, 1.807) is 38.7 Å². The van der Waals surface area contributed by atoms with Crippen molar-refractivity contribution < 1.29 is 9.59 Å². The van der Waals surface area contributed by atoms with Crippen molar-refractivity contribution in [2.45, 2.75) is 34.0 Å². The number of carbonyl (C=O) groups excluding carboxylic acids is 2. The molecule has 0 saturated carbocycles. The normalized spacial score (nSPS) is 11.0. The maximum absolute atomic E-state index is 12.6. The number of hydrogen-bond acceptors (Lipinski definition) is 5. The molecule has 0 aliphatic rings. The quantitative estimate of drug-likeness (QED) is 0.610. The van der Waals surface area contributed by atoms with E-state index in [1.807, 2.05) is 33.0 Å². The number of rotatable bonds is 8. The van der Waals surface area contributed by atoms with Gasteiger partial charge in [-0.3, -0.25) is 23.6 Å². The van der Waals surface area contributed by atoms with Gasteiger partial charge in [0.1, 0.15) is 6.67 Å². The van der Waals surface area contributed by atoms with Crippen molar-refractivity contribution in [3.05, 3.63) is 48.3 Å². The molecule has 0 atom stereocenters. The van der Waals surface area contributed by atoms with Crippen LogP contribution in [0.15, 0.2) is 36.9 Å². The van der Waals surface area contributed by atoms with Gasteiger partial charge in [-0.1, -0.05) is 13.8 Å². The van der Waals surface area contributed by atoms with Crippen molar-refractivity contribution in [2.75, 3.05) is 11.9 Å². The van der Waals surface area contributed by atoms with Crippen LogP contribution in [0.4, 0.5) is 5.69 Å². The fourth-order valence-corrected chi connectivity index (χ4v) is 2.50. The second-order valence-electron chi connectivity index (χ2n) is 6.73. The zero-order valence-corrected chi connectivity index (χ0v) is 16.2. The highest BCUT2D eigenvalue weighted by Crippen LogP contribution is 2.15. The second kappa shape index (κ2) is 8.51. The minimum atomic E-state index is -0.409. The Morgan fingerprint density at radius 2 is 1.93 bits per heavy atom. The van der Waals surface area contributed by atoms with Crippen LogP contribution in [-0.2, 0) is 13.2 Å². The van der Waals surface area contributed by atoms with Gasteiger partial charge in [0.2, 0.25) is 0 Å². The maximum atomic E-state index is 12.6. The summed E-state index contributed by atoms with van der Waals surface area (Å²) < 4.78 is 4.90. The Balaban J connectivity index is 1.72. The van der Waals surface area contributed by atoms with E-state index >= 15 is 0 Å². The molecule has 0 spiro atoms. The van der Waals surface area contributed by atoms with E-state index in [1.165, 1.54) is 0 Å². The van der Waals surface area contributed by atoms with Crippen LogP contribution in [0.5, 0.6) is 0 Å². The fraction of sp³-hybridized carbons (Fsp3) is 0.389. The number of nitrogens with one attached hydrogen (secondary N) is 2. The number of aryl methyl sites for hydroxylation is 1. The maximum Gasteiger partial charge on any atom is 0.276 e. The van der Waals surface area contributed by atoms with Gasteiger partial charge in [0.15, 0.2) is 11.4 Å². The summed E-state index contributed by atoms with van der Waals surface area (Å²) in [6.07, 6.45) is 6.82. The molecule has 10 nitrogen and oxygen atoms in total. The molecule has 0 aliphatic heterocycles. The summed E-state index contributed by atoms with van der Waals surface area (Å²) in [5.41, 5.74) is 0.784. The lowest BCUT2D eigenvalue weighted by Gasteiger charge is -2.07. The molecular weight excluding hydrogens is 360 g/mol. The fourth-order valence-electron chi connectivity index (χ4n) is 2.50. The van der Waals surface area contributed by atoms with Crippen LogP contribution in [0.2, 0.25) is 0 Å². The monoisotopic (exact) mass is 384 g/mol. The molecule has 3 aromatic rings. The van der Waals surface area contributed by atoms with Gasteiger partial charge < -0.3 is 10.6 Å². The number of aromatic nitrogens is 6. The molecule has 0 aliphatic carbocycles. The average Bonchev–Trinajstić information content (AvgIpc) is 3.41. The minimum Gasteiger partial charge on any atom is -0.350 e. The lowest BCUT2D eigenvalue weighted by atomic mass is 10.2. The summed E-state index contributed by atoms with van der Waals surface area (Å²) in [4.78, 5) is 25.0. The lowest BCUT2D eigenvalue weighted by molar-refractivity contribution is 0.0944. The van der Waals surface area contributed by atoms with Crippen LogP contribution in [0.25, 0.3) is 0 Å². The Labute approximate surface area is 162 Å². The van der Waals surface area contributed by atoms with Crippen molar-refractivity contribution in [1.29, 1.82) is 0 Å². The van der Waals surface area contributed by atoms with Gasteiger partial charge in [-0.25, -0.2) is 0 Å². The summed E-state index contributed by atoms with van der Waals surface area (Å²) in [5, 5.41) is 18.2. The van der Waals surface area contributed by atoms with E-state index in [0.29, 0.717) is 31.4 Å². The Kier molecular flexibility index (Phi) is 5.87. The van der Waals surface area contributed by atoms with E-state index in [-0.39, 0.29) is 17.3 Å². The zero-order chi connectivity index (χ0) is 20.1. The highest BCUT2D eigenvalue weighted by molar-refractivity contribution is 6.07. The van der Waals surface area contributed by atoms with Crippen molar-refractivity contribution >= 4 is 17.5 Å². The third kappa shape index (κ3) is 4.64. The lowest BCUT2D eigenvalue weighted by Crippen LogP contribution is -2.29. The molecule has 3 aromatic heterocycles. The van der Waals surface area contributed by atoms with Crippen molar-refractivity contribution in [3.8, 4) is 0 Å². The SMILES string of the molecule is CCn1cc(NC(=O)c2ccn(Cn3cccn3)n2)c(C(=O)NCC(C)C)n1.